The molecule has 0 aliphatic rings. The molecule has 1 amide bonds. The minimum absolute atomic E-state index is 0.101. The third-order valence-corrected chi connectivity index (χ3v) is 2.81. The van der Waals surface area contributed by atoms with Gasteiger partial charge in [-0.15, -0.1) is 0 Å². The number of rotatable bonds is 8. The van der Waals surface area contributed by atoms with E-state index in [-0.39, 0.29) is 12.5 Å². The second kappa shape index (κ2) is 8.57. The van der Waals surface area contributed by atoms with E-state index in [1.54, 1.807) is 0 Å². The first kappa shape index (κ1) is 15.4. The van der Waals surface area contributed by atoms with Crippen molar-refractivity contribution in [2.75, 3.05) is 13.2 Å². The summed E-state index contributed by atoms with van der Waals surface area (Å²) >= 11 is 0. The molecule has 0 bridgehead atoms. The summed E-state index contributed by atoms with van der Waals surface area (Å²) in [6, 6.07) is 0.355. The van der Waals surface area contributed by atoms with Crippen LogP contribution in [0.4, 0.5) is 0 Å². The van der Waals surface area contributed by atoms with E-state index in [2.05, 4.69) is 27.7 Å². The van der Waals surface area contributed by atoms with Gasteiger partial charge in [0, 0.05) is 25.6 Å². The number of carbonyl (C=O) groups is 1. The molecule has 0 radical (unpaired) electrons. The van der Waals surface area contributed by atoms with Gasteiger partial charge in [0.25, 0.3) is 0 Å². The standard InChI is InChI=1S/C13H27NO2/c1-5-12(6-2)14(10-11(3)4)13(16)8-7-9-15/h11-12,15H,5-10H2,1-4H3. The molecular formula is C13H27NO2. The zero-order chi connectivity index (χ0) is 12.6. The van der Waals surface area contributed by atoms with Gasteiger partial charge in [-0.05, 0) is 25.2 Å². The van der Waals surface area contributed by atoms with Crippen molar-refractivity contribution in [1.29, 1.82) is 0 Å². The summed E-state index contributed by atoms with van der Waals surface area (Å²) in [6.07, 6.45) is 3.06. The first-order chi connectivity index (χ1) is 7.56. The molecule has 0 aliphatic heterocycles. The average Bonchev–Trinajstić information content (AvgIpc) is 2.25. The smallest absolute Gasteiger partial charge is 0.222 e. The summed E-state index contributed by atoms with van der Waals surface area (Å²) in [6.45, 7) is 9.45. The second-order valence-corrected chi connectivity index (χ2v) is 4.74. The number of aliphatic hydroxyl groups excluding tert-OH is 1. The predicted molar refractivity (Wildman–Crippen MR) is 67.2 cm³/mol. The molecule has 0 fully saturated rings. The Hall–Kier alpha value is -0.570. The molecular weight excluding hydrogens is 202 g/mol. The monoisotopic (exact) mass is 229 g/mol. The number of amides is 1. The summed E-state index contributed by atoms with van der Waals surface area (Å²) in [4.78, 5) is 14.0. The zero-order valence-electron chi connectivity index (χ0n) is 11.2. The Labute approximate surface area is 99.8 Å². The number of aliphatic hydroxyl groups is 1. The largest absolute Gasteiger partial charge is 0.396 e. The lowest BCUT2D eigenvalue weighted by Gasteiger charge is -2.32. The highest BCUT2D eigenvalue weighted by molar-refractivity contribution is 5.76. The van der Waals surface area contributed by atoms with Crippen molar-refractivity contribution in [3.63, 3.8) is 0 Å². The Bertz CT molecular complexity index is 188. The molecule has 0 aromatic heterocycles. The van der Waals surface area contributed by atoms with E-state index in [4.69, 9.17) is 5.11 Å². The predicted octanol–water partition coefficient (Wildman–Crippen LogP) is 2.43. The van der Waals surface area contributed by atoms with Gasteiger partial charge in [0.05, 0.1) is 0 Å². The SMILES string of the molecule is CCC(CC)N(CC(C)C)C(=O)CCCO. The van der Waals surface area contributed by atoms with Gasteiger partial charge in [0.1, 0.15) is 0 Å². The lowest BCUT2D eigenvalue weighted by atomic mass is 10.1. The quantitative estimate of drug-likeness (QED) is 0.694. The zero-order valence-corrected chi connectivity index (χ0v) is 11.2. The van der Waals surface area contributed by atoms with Crippen LogP contribution in [0.15, 0.2) is 0 Å². The first-order valence-corrected chi connectivity index (χ1v) is 6.47. The van der Waals surface area contributed by atoms with Crippen LogP contribution in [0.3, 0.4) is 0 Å². The fraction of sp³-hybridized carbons (Fsp3) is 0.923. The Balaban J connectivity index is 4.44. The lowest BCUT2D eigenvalue weighted by Crippen LogP contribution is -2.42. The van der Waals surface area contributed by atoms with Gasteiger partial charge in [-0.1, -0.05) is 27.7 Å². The van der Waals surface area contributed by atoms with E-state index in [1.165, 1.54) is 0 Å². The molecule has 1 N–H and O–H groups in total. The van der Waals surface area contributed by atoms with Gasteiger partial charge in [0.15, 0.2) is 0 Å². The van der Waals surface area contributed by atoms with Crippen molar-refractivity contribution in [3.05, 3.63) is 0 Å². The Morgan fingerprint density at radius 1 is 1.25 bits per heavy atom. The summed E-state index contributed by atoms with van der Waals surface area (Å²) in [5.41, 5.74) is 0. The molecule has 3 heteroatoms. The second-order valence-electron chi connectivity index (χ2n) is 4.74. The van der Waals surface area contributed by atoms with Crippen LogP contribution in [0.1, 0.15) is 53.4 Å². The highest BCUT2D eigenvalue weighted by Crippen LogP contribution is 2.13. The minimum atomic E-state index is 0.101. The number of nitrogens with zero attached hydrogens (tertiary/aromatic N) is 1. The van der Waals surface area contributed by atoms with Crippen molar-refractivity contribution in [1.82, 2.24) is 4.90 Å². The summed E-state index contributed by atoms with van der Waals surface area (Å²) in [5.74, 6) is 0.690. The van der Waals surface area contributed by atoms with Gasteiger partial charge in [-0.25, -0.2) is 0 Å². The van der Waals surface area contributed by atoms with Gasteiger partial charge in [-0.2, -0.15) is 0 Å². The molecule has 0 saturated heterocycles. The van der Waals surface area contributed by atoms with Crippen LogP contribution in [0.25, 0.3) is 0 Å². The van der Waals surface area contributed by atoms with Gasteiger partial charge in [0.2, 0.25) is 5.91 Å². The van der Waals surface area contributed by atoms with E-state index in [9.17, 15) is 4.79 Å². The minimum Gasteiger partial charge on any atom is -0.396 e. The van der Waals surface area contributed by atoms with Crippen LogP contribution in [-0.2, 0) is 4.79 Å². The Morgan fingerprint density at radius 3 is 2.19 bits per heavy atom. The van der Waals surface area contributed by atoms with Crippen LogP contribution in [-0.4, -0.2) is 35.1 Å². The summed E-state index contributed by atoms with van der Waals surface area (Å²) in [7, 11) is 0. The number of hydrogen-bond donors (Lipinski definition) is 1. The number of carbonyl (C=O) groups excluding carboxylic acids is 1. The number of hydrogen-bond acceptors (Lipinski definition) is 2. The molecule has 0 saturated carbocycles. The van der Waals surface area contributed by atoms with Crippen LogP contribution in [0, 0.1) is 5.92 Å². The summed E-state index contributed by atoms with van der Waals surface area (Å²) in [5, 5.41) is 8.76. The molecule has 0 aromatic rings. The lowest BCUT2D eigenvalue weighted by molar-refractivity contribution is -0.134. The molecule has 0 unspecified atom stereocenters. The van der Waals surface area contributed by atoms with Crippen LogP contribution < -0.4 is 0 Å². The highest BCUT2D eigenvalue weighted by atomic mass is 16.3. The van der Waals surface area contributed by atoms with Gasteiger partial charge >= 0.3 is 0 Å². The molecule has 96 valence electrons. The van der Waals surface area contributed by atoms with Crippen molar-refractivity contribution >= 4 is 5.91 Å². The van der Waals surface area contributed by atoms with Gasteiger partial charge < -0.3 is 10.0 Å². The topological polar surface area (TPSA) is 40.5 Å². The first-order valence-electron chi connectivity index (χ1n) is 6.47. The van der Waals surface area contributed by atoms with Gasteiger partial charge in [-0.3, -0.25) is 4.79 Å². The van der Waals surface area contributed by atoms with Crippen molar-refractivity contribution in [2.24, 2.45) is 5.92 Å². The van der Waals surface area contributed by atoms with Crippen molar-refractivity contribution < 1.29 is 9.90 Å². The van der Waals surface area contributed by atoms with E-state index >= 15 is 0 Å². The highest BCUT2D eigenvalue weighted by Gasteiger charge is 2.21. The van der Waals surface area contributed by atoms with E-state index < -0.39 is 0 Å². The fourth-order valence-corrected chi connectivity index (χ4v) is 1.95. The molecule has 0 atom stereocenters. The average molecular weight is 229 g/mol. The molecule has 0 rings (SSSR count). The molecule has 0 heterocycles. The maximum atomic E-state index is 12.0. The van der Waals surface area contributed by atoms with Crippen molar-refractivity contribution in [3.8, 4) is 0 Å². The molecule has 3 nitrogen and oxygen atoms in total. The maximum absolute atomic E-state index is 12.0. The Kier molecular flexibility index (Phi) is 8.26. The third-order valence-electron chi connectivity index (χ3n) is 2.81. The van der Waals surface area contributed by atoms with Crippen LogP contribution >= 0.6 is 0 Å². The molecule has 0 aromatic carbocycles. The normalized spacial score (nSPS) is 11.2. The van der Waals surface area contributed by atoms with E-state index in [0.29, 0.717) is 24.8 Å². The Morgan fingerprint density at radius 2 is 1.81 bits per heavy atom. The molecule has 0 spiro atoms. The molecule has 0 aliphatic carbocycles. The van der Waals surface area contributed by atoms with E-state index in [0.717, 1.165) is 19.4 Å². The molecule has 16 heavy (non-hydrogen) atoms. The van der Waals surface area contributed by atoms with Crippen molar-refractivity contribution in [2.45, 2.75) is 59.4 Å². The maximum Gasteiger partial charge on any atom is 0.222 e. The third kappa shape index (κ3) is 5.50. The van der Waals surface area contributed by atoms with Crippen LogP contribution in [0.5, 0.6) is 0 Å². The fourth-order valence-electron chi connectivity index (χ4n) is 1.95. The summed E-state index contributed by atoms with van der Waals surface area (Å²) < 4.78 is 0. The van der Waals surface area contributed by atoms with Crippen LogP contribution in [0.2, 0.25) is 0 Å². The van der Waals surface area contributed by atoms with E-state index in [1.807, 2.05) is 4.90 Å².